The molecular formula is C12H24N4O. The Morgan fingerprint density at radius 2 is 2.06 bits per heavy atom. The van der Waals surface area contributed by atoms with Gasteiger partial charge < -0.3 is 10.3 Å². The van der Waals surface area contributed by atoms with Gasteiger partial charge in [-0.25, -0.2) is 0 Å². The van der Waals surface area contributed by atoms with Crippen molar-refractivity contribution in [2.75, 3.05) is 20.1 Å². The van der Waals surface area contributed by atoms with E-state index < -0.39 is 0 Å². The maximum Gasteiger partial charge on any atom is 0.240 e. The molecule has 17 heavy (non-hydrogen) atoms. The third kappa shape index (κ3) is 4.44. The first kappa shape index (κ1) is 14.1. The highest BCUT2D eigenvalue weighted by atomic mass is 16.5. The minimum absolute atomic E-state index is 0.107. The smallest absolute Gasteiger partial charge is 0.240 e. The highest BCUT2D eigenvalue weighted by Crippen LogP contribution is 2.16. The van der Waals surface area contributed by atoms with Crippen molar-refractivity contribution in [2.45, 2.75) is 40.2 Å². The van der Waals surface area contributed by atoms with Crippen LogP contribution in [0.5, 0.6) is 0 Å². The maximum absolute atomic E-state index is 5.71. The normalized spacial score (nSPS) is 12.7. The lowest BCUT2D eigenvalue weighted by Gasteiger charge is -2.27. The molecule has 0 saturated carbocycles. The Morgan fingerprint density at radius 3 is 2.53 bits per heavy atom. The van der Waals surface area contributed by atoms with Gasteiger partial charge in [-0.15, -0.1) is 0 Å². The molecule has 1 heterocycles. The van der Waals surface area contributed by atoms with Crippen molar-refractivity contribution >= 4 is 0 Å². The van der Waals surface area contributed by atoms with Crippen LogP contribution in [-0.4, -0.2) is 35.2 Å². The summed E-state index contributed by atoms with van der Waals surface area (Å²) in [6.45, 7) is 10.6. The Morgan fingerprint density at radius 1 is 1.41 bits per heavy atom. The Labute approximate surface area is 103 Å². The molecule has 0 atom stereocenters. The van der Waals surface area contributed by atoms with Gasteiger partial charge in [0.05, 0.1) is 6.54 Å². The molecular weight excluding hydrogens is 216 g/mol. The number of nitrogens with two attached hydrogens (primary N) is 1. The number of rotatable bonds is 6. The quantitative estimate of drug-likeness (QED) is 0.818. The molecule has 0 saturated heterocycles. The Balaban J connectivity index is 2.53. The van der Waals surface area contributed by atoms with Crippen LogP contribution in [0.2, 0.25) is 0 Å². The second-order valence-electron chi connectivity index (χ2n) is 5.74. The fourth-order valence-electron chi connectivity index (χ4n) is 1.65. The molecule has 5 heteroatoms. The number of nitrogens with zero attached hydrogens (tertiary/aromatic N) is 3. The summed E-state index contributed by atoms with van der Waals surface area (Å²) in [5, 5.41) is 3.95. The van der Waals surface area contributed by atoms with Crippen molar-refractivity contribution in [1.29, 1.82) is 0 Å². The van der Waals surface area contributed by atoms with E-state index in [-0.39, 0.29) is 5.41 Å². The predicted molar refractivity (Wildman–Crippen MR) is 67.6 cm³/mol. The second-order valence-corrected chi connectivity index (χ2v) is 5.74. The first-order valence-electron chi connectivity index (χ1n) is 6.05. The Bertz CT molecular complexity index is 346. The van der Waals surface area contributed by atoms with Gasteiger partial charge in [-0.3, -0.25) is 4.90 Å². The summed E-state index contributed by atoms with van der Waals surface area (Å²) in [6, 6.07) is 0. The van der Waals surface area contributed by atoms with Gasteiger partial charge in [0.2, 0.25) is 5.89 Å². The highest BCUT2D eigenvalue weighted by molar-refractivity contribution is 4.91. The van der Waals surface area contributed by atoms with E-state index >= 15 is 0 Å². The van der Waals surface area contributed by atoms with Crippen LogP contribution in [0.3, 0.4) is 0 Å². The fraction of sp³-hybridized carbons (Fsp3) is 0.833. The van der Waals surface area contributed by atoms with Gasteiger partial charge >= 0.3 is 0 Å². The first-order chi connectivity index (χ1) is 7.84. The van der Waals surface area contributed by atoms with Gasteiger partial charge in [-0.2, -0.15) is 4.98 Å². The predicted octanol–water partition coefficient (Wildman–Crippen LogP) is 1.61. The largest absolute Gasteiger partial charge is 0.338 e. The van der Waals surface area contributed by atoms with Crippen molar-refractivity contribution in [1.82, 2.24) is 15.0 Å². The standard InChI is InChI=1S/C12H24N4O/c1-9(2)11-14-10(17-15-11)6-16(5)8-12(3,4)7-13/h9H,6-8,13H2,1-5H3. The summed E-state index contributed by atoms with van der Waals surface area (Å²) in [5.74, 6) is 1.74. The summed E-state index contributed by atoms with van der Waals surface area (Å²) >= 11 is 0. The monoisotopic (exact) mass is 240 g/mol. The molecule has 2 N–H and O–H groups in total. The third-order valence-corrected chi connectivity index (χ3v) is 2.66. The SMILES string of the molecule is CC(C)c1noc(CN(C)CC(C)(C)CN)n1. The number of aromatic nitrogens is 2. The molecule has 0 unspecified atom stereocenters. The summed E-state index contributed by atoms with van der Waals surface area (Å²) in [5.41, 5.74) is 5.82. The molecule has 0 radical (unpaired) electrons. The van der Waals surface area contributed by atoms with Gasteiger partial charge in [-0.1, -0.05) is 32.9 Å². The lowest BCUT2D eigenvalue weighted by atomic mass is 9.93. The van der Waals surface area contributed by atoms with Crippen molar-refractivity contribution in [3.63, 3.8) is 0 Å². The maximum atomic E-state index is 5.71. The van der Waals surface area contributed by atoms with Crippen LogP contribution in [0.1, 0.15) is 45.3 Å². The molecule has 1 aromatic heterocycles. The molecule has 0 aliphatic rings. The third-order valence-electron chi connectivity index (χ3n) is 2.66. The Hall–Kier alpha value is -0.940. The number of hydrogen-bond acceptors (Lipinski definition) is 5. The first-order valence-corrected chi connectivity index (χ1v) is 6.05. The van der Waals surface area contributed by atoms with Crippen LogP contribution in [-0.2, 0) is 6.54 Å². The van der Waals surface area contributed by atoms with E-state index in [0.29, 0.717) is 24.9 Å². The summed E-state index contributed by atoms with van der Waals surface area (Å²) in [7, 11) is 2.04. The summed E-state index contributed by atoms with van der Waals surface area (Å²) in [4.78, 5) is 6.51. The molecule has 0 spiro atoms. The molecule has 5 nitrogen and oxygen atoms in total. The van der Waals surface area contributed by atoms with Gasteiger partial charge in [0.15, 0.2) is 5.82 Å². The lowest BCUT2D eigenvalue weighted by molar-refractivity contribution is 0.189. The van der Waals surface area contributed by atoms with E-state index in [2.05, 4.69) is 42.7 Å². The zero-order valence-electron chi connectivity index (χ0n) is 11.5. The van der Waals surface area contributed by atoms with Crippen LogP contribution in [0, 0.1) is 5.41 Å². The molecule has 1 aromatic rings. The van der Waals surface area contributed by atoms with Gasteiger partial charge in [-0.05, 0) is 19.0 Å². The van der Waals surface area contributed by atoms with Gasteiger partial charge in [0.25, 0.3) is 0 Å². The fourth-order valence-corrected chi connectivity index (χ4v) is 1.65. The summed E-state index contributed by atoms with van der Waals surface area (Å²) in [6.07, 6.45) is 0. The van der Waals surface area contributed by atoms with Crippen LogP contribution in [0.25, 0.3) is 0 Å². The van der Waals surface area contributed by atoms with E-state index in [1.54, 1.807) is 0 Å². The molecule has 0 aromatic carbocycles. The Kier molecular flexibility index (Phi) is 4.65. The molecule has 1 rings (SSSR count). The molecule has 0 amide bonds. The minimum Gasteiger partial charge on any atom is -0.338 e. The van der Waals surface area contributed by atoms with Crippen LogP contribution < -0.4 is 5.73 Å². The topological polar surface area (TPSA) is 68.2 Å². The van der Waals surface area contributed by atoms with E-state index in [0.717, 1.165) is 12.4 Å². The minimum atomic E-state index is 0.107. The lowest BCUT2D eigenvalue weighted by Crippen LogP contribution is -2.36. The molecule has 0 fully saturated rings. The average Bonchev–Trinajstić information content (AvgIpc) is 2.65. The van der Waals surface area contributed by atoms with Crippen LogP contribution in [0.4, 0.5) is 0 Å². The molecule has 0 aliphatic carbocycles. The zero-order chi connectivity index (χ0) is 13.1. The molecule has 98 valence electrons. The summed E-state index contributed by atoms with van der Waals surface area (Å²) < 4.78 is 5.21. The molecule has 0 bridgehead atoms. The van der Waals surface area contributed by atoms with Crippen molar-refractivity contribution in [2.24, 2.45) is 11.1 Å². The average molecular weight is 240 g/mol. The van der Waals surface area contributed by atoms with Gasteiger partial charge in [0.1, 0.15) is 0 Å². The van der Waals surface area contributed by atoms with Crippen LogP contribution >= 0.6 is 0 Å². The van der Waals surface area contributed by atoms with Crippen molar-refractivity contribution < 1.29 is 4.52 Å². The van der Waals surface area contributed by atoms with E-state index in [1.807, 2.05) is 7.05 Å². The molecule has 0 aliphatic heterocycles. The van der Waals surface area contributed by atoms with E-state index in [1.165, 1.54) is 0 Å². The van der Waals surface area contributed by atoms with Gasteiger partial charge in [0, 0.05) is 12.5 Å². The van der Waals surface area contributed by atoms with E-state index in [9.17, 15) is 0 Å². The van der Waals surface area contributed by atoms with Crippen LogP contribution in [0.15, 0.2) is 4.52 Å². The second kappa shape index (κ2) is 5.60. The van der Waals surface area contributed by atoms with Crippen molar-refractivity contribution in [3.8, 4) is 0 Å². The highest BCUT2D eigenvalue weighted by Gasteiger charge is 2.19. The van der Waals surface area contributed by atoms with Crippen molar-refractivity contribution in [3.05, 3.63) is 11.7 Å². The zero-order valence-corrected chi connectivity index (χ0v) is 11.5. The van der Waals surface area contributed by atoms with E-state index in [4.69, 9.17) is 10.3 Å². The number of hydrogen-bond donors (Lipinski definition) is 1.